The Bertz CT molecular complexity index is 579. The van der Waals surface area contributed by atoms with E-state index in [9.17, 15) is 4.79 Å². The number of nitrogens with zero attached hydrogens (tertiary/aromatic N) is 2. The molecule has 0 unspecified atom stereocenters. The molecule has 4 nitrogen and oxygen atoms in total. The Morgan fingerprint density at radius 1 is 1.44 bits per heavy atom. The van der Waals surface area contributed by atoms with Crippen LogP contribution in [0.5, 0.6) is 0 Å². The zero-order chi connectivity index (χ0) is 12.5. The minimum Gasteiger partial charge on any atom is -0.334 e. The van der Waals surface area contributed by atoms with Gasteiger partial charge >= 0.3 is 0 Å². The zero-order valence-electron chi connectivity index (χ0n) is 10.3. The molecule has 0 saturated heterocycles. The lowest BCUT2D eigenvalue weighted by Crippen LogP contribution is -2.05. The van der Waals surface area contributed by atoms with Crippen molar-refractivity contribution in [3.05, 3.63) is 36.3 Å². The molecule has 2 aromatic rings. The van der Waals surface area contributed by atoms with E-state index in [1.54, 1.807) is 0 Å². The third-order valence-corrected chi connectivity index (χ3v) is 3.14. The van der Waals surface area contributed by atoms with Gasteiger partial charge in [-0.2, -0.15) is 0 Å². The number of nitrogens with one attached hydrogen (secondary N) is 1. The Kier molecular flexibility index (Phi) is 2.63. The monoisotopic (exact) mass is 241 g/mol. The molecule has 18 heavy (non-hydrogen) atoms. The molecule has 4 heteroatoms. The van der Waals surface area contributed by atoms with Crippen LogP contribution in [0.15, 0.2) is 30.5 Å². The second-order valence-electron chi connectivity index (χ2n) is 4.60. The zero-order valence-corrected chi connectivity index (χ0v) is 10.3. The maximum atomic E-state index is 11.0. The summed E-state index contributed by atoms with van der Waals surface area (Å²) in [7, 11) is 0. The maximum absolute atomic E-state index is 11.0. The SMILES string of the molecule is CC(=O)Nc1cccc(-c2cn3c(n2)CCC3)c1. The lowest BCUT2D eigenvalue weighted by atomic mass is 10.1. The number of hydrogen-bond donors (Lipinski definition) is 1. The molecule has 0 fully saturated rings. The number of benzene rings is 1. The van der Waals surface area contributed by atoms with E-state index in [2.05, 4.69) is 21.1 Å². The van der Waals surface area contributed by atoms with Crippen LogP contribution in [0.3, 0.4) is 0 Å². The summed E-state index contributed by atoms with van der Waals surface area (Å²) in [6, 6.07) is 7.79. The molecule has 1 aromatic carbocycles. The molecule has 1 amide bonds. The van der Waals surface area contributed by atoms with Crippen LogP contribution >= 0.6 is 0 Å². The Morgan fingerprint density at radius 3 is 3.11 bits per heavy atom. The van der Waals surface area contributed by atoms with E-state index in [4.69, 9.17) is 0 Å². The lowest BCUT2D eigenvalue weighted by Gasteiger charge is -2.03. The van der Waals surface area contributed by atoms with E-state index < -0.39 is 0 Å². The van der Waals surface area contributed by atoms with Gasteiger partial charge in [-0.3, -0.25) is 4.79 Å². The summed E-state index contributed by atoms with van der Waals surface area (Å²) in [6.07, 6.45) is 4.34. The van der Waals surface area contributed by atoms with Gasteiger partial charge in [-0.25, -0.2) is 4.98 Å². The largest absolute Gasteiger partial charge is 0.334 e. The Morgan fingerprint density at radius 2 is 2.33 bits per heavy atom. The van der Waals surface area contributed by atoms with Crippen molar-refractivity contribution >= 4 is 11.6 Å². The third kappa shape index (κ3) is 2.01. The molecule has 92 valence electrons. The summed E-state index contributed by atoms with van der Waals surface area (Å²) in [4.78, 5) is 15.7. The molecule has 1 N–H and O–H groups in total. The standard InChI is InChI=1S/C14H15N3O/c1-10(18)15-12-5-2-4-11(8-12)13-9-17-7-3-6-14(17)16-13/h2,4-5,8-9H,3,6-7H2,1H3,(H,15,18). The summed E-state index contributed by atoms with van der Waals surface area (Å²) >= 11 is 0. The van der Waals surface area contributed by atoms with Crippen molar-refractivity contribution in [3.63, 3.8) is 0 Å². The van der Waals surface area contributed by atoms with Crippen LogP contribution in [0.1, 0.15) is 19.2 Å². The molecule has 0 aliphatic carbocycles. The first-order valence-electron chi connectivity index (χ1n) is 6.16. The van der Waals surface area contributed by atoms with Crippen molar-refractivity contribution in [2.45, 2.75) is 26.3 Å². The number of imidazole rings is 1. The first kappa shape index (κ1) is 11.0. The smallest absolute Gasteiger partial charge is 0.221 e. The van der Waals surface area contributed by atoms with Gasteiger partial charge in [0.2, 0.25) is 5.91 Å². The van der Waals surface area contributed by atoms with Crippen LogP contribution in [0.25, 0.3) is 11.3 Å². The van der Waals surface area contributed by atoms with Crippen LogP contribution in [0.4, 0.5) is 5.69 Å². The fraction of sp³-hybridized carbons (Fsp3) is 0.286. The molecule has 3 rings (SSSR count). The van der Waals surface area contributed by atoms with Crippen LogP contribution < -0.4 is 5.32 Å². The summed E-state index contributed by atoms with van der Waals surface area (Å²) < 4.78 is 2.21. The predicted molar refractivity (Wildman–Crippen MR) is 70.3 cm³/mol. The highest BCUT2D eigenvalue weighted by Gasteiger charge is 2.14. The normalized spacial score (nSPS) is 13.4. The van der Waals surface area contributed by atoms with E-state index in [1.807, 2.05) is 24.3 Å². The second-order valence-corrected chi connectivity index (χ2v) is 4.60. The molecule has 1 aliphatic rings. The van der Waals surface area contributed by atoms with Crippen molar-refractivity contribution in [2.75, 3.05) is 5.32 Å². The minimum absolute atomic E-state index is 0.0560. The van der Waals surface area contributed by atoms with Crippen LogP contribution in [-0.2, 0) is 17.8 Å². The quantitative estimate of drug-likeness (QED) is 0.877. The number of amides is 1. The highest BCUT2D eigenvalue weighted by molar-refractivity contribution is 5.89. The Hall–Kier alpha value is -2.10. The van der Waals surface area contributed by atoms with Gasteiger partial charge in [-0.05, 0) is 18.6 Å². The summed E-state index contributed by atoms with van der Waals surface area (Å²) in [6.45, 7) is 2.57. The summed E-state index contributed by atoms with van der Waals surface area (Å²) in [5.41, 5.74) is 2.84. The number of aromatic nitrogens is 2. The predicted octanol–water partition coefficient (Wildman–Crippen LogP) is 2.45. The number of rotatable bonds is 2. The molecule has 1 aliphatic heterocycles. The van der Waals surface area contributed by atoms with E-state index >= 15 is 0 Å². The van der Waals surface area contributed by atoms with Crippen molar-refractivity contribution in [3.8, 4) is 11.3 Å². The molecule has 0 saturated carbocycles. The third-order valence-electron chi connectivity index (χ3n) is 3.14. The van der Waals surface area contributed by atoms with Gasteiger partial charge in [-0.15, -0.1) is 0 Å². The molecule has 0 radical (unpaired) electrons. The summed E-state index contributed by atoms with van der Waals surface area (Å²) in [5.74, 6) is 1.11. The van der Waals surface area contributed by atoms with Crippen molar-refractivity contribution in [1.82, 2.24) is 9.55 Å². The Balaban J connectivity index is 1.93. The van der Waals surface area contributed by atoms with Gasteiger partial charge in [0, 0.05) is 37.3 Å². The number of carbonyl (C=O) groups excluding carboxylic acids is 1. The molecular weight excluding hydrogens is 226 g/mol. The number of aryl methyl sites for hydroxylation is 2. The van der Waals surface area contributed by atoms with E-state index in [0.29, 0.717) is 0 Å². The molecule has 0 spiro atoms. The van der Waals surface area contributed by atoms with E-state index in [1.165, 1.54) is 13.3 Å². The second kappa shape index (κ2) is 4.29. The highest BCUT2D eigenvalue weighted by atomic mass is 16.1. The highest BCUT2D eigenvalue weighted by Crippen LogP contribution is 2.24. The van der Waals surface area contributed by atoms with Gasteiger partial charge in [-0.1, -0.05) is 12.1 Å². The van der Waals surface area contributed by atoms with Gasteiger partial charge in [0.25, 0.3) is 0 Å². The van der Waals surface area contributed by atoms with Crippen LogP contribution in [0.2, 0.25) is 0 Å². The van der Waals surface area contributed by atoms with Gasteiger partial charge in [0.15, 0.2) is 0 Å². The van der Waals surface area contributed by atoms with Crippen LogP contribution in [0, 0.1) is 0 Å². The first-order chi connectivity index (χ1) is 8.72. The first-order valence-corrected chi connectivity index (χ1v) is 6.16. The molecule has 0 atom stereocenters. The van der Waals surface area contributed by atoms with Gasteiger partial charge in [0.1, 0.15) is 5.82 Å². The van der Waals surface area contributed by atoms with Gasteiger partial charge < -0.3 is 9.88 Å². The fourth-order valence-electron chi connectivity index (χ4n) is 2.35. The maximum Gasteiger partial charge on any atom is 0.221 e. The molecule has 2 heterocycles. The topological polar surface area (TPSA) is 46.9 Å². The summed E-state index contributed by atoms with van der Waals surface area (Å²) in [5, 5.41) is 2.79. The number of carbonyl (C=O) groups is 1. The van der Waals surface area contributed by atoms with Crippen molar-refractivity contribution in [1.29, 1.82) is 0 Å². The van der Waals surface area contributed by atoms with Crippen molar-refractivity contribution in [2.24, 2.45) is 0 Å². The molecular formula is C14H15N3O. The molecule has 0 bridgehead atoms. The minimum atomic E-state index is -0.0560. The lowest BCUT2D eigenvalue weighted by molar-refractivity contribution is -0.114. The average Bonchev–Trinajstić information content (AvgIpc) is 2.88. The fourth-order valence-corrected chi connectivity index (χ4v) is 2.35. The van der Waals surface area contributed by atoms with Gasteiger partial charge in [0.05, 0.1) is 5.69 Å². The van der Waals surface area contributed by atoms with Crippen LogP contribution in [-0.4, -0.2) is 15.5 Å². The number of hydrogen-bond acceptors (Lipinski definition) is 2. The Labute approximate surface area is 106 Å². The molecule has 1 aromatic heterocycles. The van der Waals surface area contributed by atoms with Crippen molar-refractivity contribution < 1.29 is 4.79 Å². The average molecular weight is 241 g/mol. The number of fused-ring (bicyclic) bond motifs is 1. The number of anilines is 1. The van der Waals surface area contributed by atoms with E-state index in [0.717, 1.165) is 35.7 Å². The van der Waals surface area contributed by atoms with E-state index in [-0.39, 0.29) is 5.91 Å².